The van der Waals surface area contributed by atoms with E-state index in [4.69, 9.17) is 4.74 Å². The summed E-state index contributed by atoms with van der Waals surface area (Å²) in [5, 5.41) is 13.3. The molecule has 3 atom stereocenters. The summed E-state index contributed by atoms with van der Waals surface area (Å²) < 4.78 is 5.85. The third-order valence-corrected chi connectivity index (χ3v) is 3.59. The van der Waals surface area contributed by atoms with Crippen LogP contribution in [0.3, 0.4) is 0 Å². The first-order valence-corrected chi connectivity index (χ1v) is 6.39. The van der Waals surface area contributed by atoms with E-state index in [1.54, 1.807) is 0 Å². The van der Waals surface area contributed by atoms with Gasteiger partial charge < -0.3 is 15.2 Å². The molecule has 3 nitrogen and oxygen atoms in total. The fourth-order valence-electron chi connectivity index (χ4n) is 2.59. The van der Waals surface area contributed by atoms with Gasteiger partial charge in [-0.1, -0.05) is 19.3 Å². The minimum Gasteiger partial charge on any atom is -0.390 e. The molecule has 1 saturated carbocycles. The molecule has 0 amide bonds. The van der Waals surface area contributed by atoms with Gasteiger partial charge in [0.15, 0.2) is 0 Å². The molecular weight excluding hydrogens is 190 g/mol. The van der Waals surface area contributed by atoms with Crippen LogP contribution in [0.2, 0.25) is 0 Å². The SMILES string of the molecule is OC1CCCCCC1OCC1CCCN1. The molecule has 1 heterocycles. The molecule has 0 bridgehead atoms. The highest BCUT2D eigenvalue weighted by Gasteiger charge is 2.24. The zero-order chi connectivity index (χ0) is 10.5. The molecule has 0 spiro atoms. The summed E-state index contributed by atoms with van der Waals surface area (Å²) in [4.78, 5) is 0. The molecule has 15 heavy (non-hydrogen) atoms. The first kappa shape index (κ1) is 11.4. The lowest BCUT2D eigenvalue weighted by atomic mass is 10.1. The van der Waals surface area contributed by atoms with Crippen molar-refractivity contribution in [2.75, 3.05) is 13.2 Å². The van der Waals surface area contributed by atoms with Gasteiger partial charge in [-0.2, -0.15) is 0 Å². The third kappa shape index (κ3) is 3.44. The fourth-order valence-corrected chi connectivity index (χ4v) is 2.59. The van der Waals surface area contributed by atoms with Crippen molar-refractivity contribution in [3.8, 4) is 0 Å². The summed E-state index contributed by atoms with van der Waals surface area (Å²) in [7, 11) is 0. The van der Waals surface area contributed by atoms with Crippen molar-refractivity contribution in [3.63, 3.8) is 0 Å². The van der Waals surface area contributed by atoms with Crippen LogP contribution in [0.15, 0.2) is 0 Å². The number of rotatable bonds is 3. The van der Waals surface area contributed by atoms with E-state index in [0.29, 0.717) is 6.04 Å². The molecule has 1 aliphatic carbocycles. The molecule has 0 aromatic carbocycles. The molecule has 2 rings (SSSR count). The number of hydrogen-bond donors (Lipinski definition) is 2. The summed E-state index contributed by atoms with van der Waals surface area (Å²) >= 11 is 0. The Hall–Kier alpha value is -0.120. The van der Waals surface area contributed by atoms with Gasteiger partial charge in [-0.15, -0.1) is 0 Å². The van der Waals surface area contributed by atoms with E-state index >= 15 is 0 Å². The maximum atomic E-state index is 9.88. The van der Waals surface area contributed by atoms with Gasteiger partial charge in [0, 0.05) is 6.04 Å². The van der Waals surface area contributed by atoms with E-state index in [0.717, 1.165) is 32.4 Å². The van der Waals surface area contributed by atoms with Gasteiger partial charge in [0.1, 0.15) is 0 Å². The molecule has 2 aliphatic rings. The van der Waals surface area contributed by atoms with Crippen LogP contribution < -0.4 is 5.32 Å². The lowest BCUT2D eigenvalue weighted by molar-refractivity contribution is -0.0456. The van der Waals surface area contributed by atoms with Crippen molar-refractivity contribution in [1.82, 2.24) is 5.32 Å². The Morgan fingerprint density at radius 1 is 1.07 bits per heavy atom. The van der Waals surface area contributed by atoms with E-state index in [1.165, 1.54) is 25.7 Å². The minimum absolute atomic E-state index is 0.0925. The third-order valence-electron chi connectivity index (χ3n) is 3.59. The Balaban J connectivity index is 1.71. The van der Waals surface area contributed by atoms with Crippen LogP contribution in [0.5, 0.6) is 0 Å². The molecule has 2 fully saturated rings. The largest absolute Gasteiger partial charge is 0.390 e. The quantitative estimate of drug-likeness (QED) is 0.697. The number of ether oxygens (including phenoxy) is 1. The highest BCUT2D eigenvalue weighted by Crippen LogP contribution is 2.21. The van der Waals surface area contributed by atoms with Crippen molar-refractivity contribution in [2.45, 2.75) is 63.2 Å². The summed E-state index contributed by atoms with van der Waals surface area (Å²) in [6.45, 7) is 1.91. The van der Waals surface area contributed by atoms with E-state index in [2.05, 4.69) is 5.32 Å². The fraction of sp³-hybridized carbons (Fsp3) is 1.00. The highest BCUT2D eigenvalue weighted by molar-refractivity contribution is 4.77. The Morgan fingerprint density at radius 3 is 2.73 bits per heavy atom. The zero-order valence-corrected chi connectivity index (χ0v) is 9.45. The summed E-state index contributed by atoms with van der Waals surface area (Å²) in [5.74, 6) is 0. The van der Waals surface area contributed by atoms with Crippen molar-refractivity contribution >= 4 is 0 Å². The van der Waals surface area contributed by atoms with Gasteiger partial charge in [-0.05, 0) is 32.2 Å². The monoisotopic (exact) mass is 213 g/mol. The number of aliphatic hydroxyl groups excluding tert-OH is 1. The Labute approximate surface area is 92.2 Å². The molecule has 88 valence electrons. The summed E-state index contributed by atoms with van der Waals surface area (Å²) in [5.41, 5.74) is 0. The van der Waals surface area contributed by atoms with Crippen LogP contribution in [-0.2, 0) is 4.74 Å². The van der Waals surface area contributed by atoms with Gasteiger partial charge in [-0.25, -0.2) is 0 Å². The number of hydrogen-bond acceptors (Lipinski definition) is 3. The van der Waals surface area contributed by atoms with Crippen LogP contribution >= 0.6 is 0 Å². The van der Waals surface area contributed by atoms with Crippen molar-refractivity contribution in [2.24, 2.45) is 0 Å². The average Bonchev–Trinajstić information content (AvgIpc) is 2.67. The molecule has 3 unspecified atom stereocenters. The van der Waals surface area contributed by atoms with Crippen molar-refractivity contribution in [1.29, 1.82) is 0 Å². The van der Waals surface area contributed by atoms with E-state index in [-0.39, 0.29) is 12.2 Å². The highest BCUT2D eigenvalue weighted by atomic mass is 16.5. The maximum Gasteiger partial charge on any atom is 0.0834 e. The Kier molecular flexibility index (Phi) is 4.42. The topological polar surface area (TPSA) is 41.5 Å². The van der Waals surface area contributed by atoms with Gasteiger partial charge in [0.05, 0.1) is 18.8 Å². The smallest absolute Gasteiger partial charge is 0.0834 e. The zero-order valence-electron chi connectivity index (χ0n) is 9.45. The van der Waals surface area contributed by atoms with Crippen LogP contribution in [-0.4, -0.2) is 36.5 Å². The van der Waals surface area contributed by atoms with Crippen molar-refractivity contribution in [3.05, 3.63) is 0 Å². The van der Waals surface area contributed by atoms with E-state index in [1.807, 2.05) is 0 Å². The van der Waals surface area contributed by atoms with Gasteiger partial charge in [-0.3, -0.25) is 0 Å². The lowest BCUT2D eigenvalue weighted by Crippen LogP contribution is -2.34. The molecule has 0 aromatic rings. The number of nitrogens with one attached hydrogen (secondary N) is 1. The summed E-state index contributed by atoms with van der Waals surface area (Å²) in [6.07, 6.45) is 7.92. The first-order valence-electron chi connectivity index (χ1n) is 6.39. The standard InChI is InChI=1S/C12H23NO2/c14-11-6-2-1-3-7-12(11)15-9-10-5-4-8-13-10/h10-14H,1-9H2. The van der Waals surface area contributed by atoms with Gasteiger partial charge >= 0.3 is 0 Å². The molecule has 0 aromatic heterocycles. The first-order chi connectivity index (χ1) is 7.36. The molecule has 3 heteroatoms. The van der Waals surface area contributed by atoms with Crippen LogP contribution in [0.25, 0.3) is 0 Å². The molecule has 1 aliphatic heterocycles. The second-order valence-electron chi connectivity index (χ2n) is 4.87. The molecule has 2 N–H and O–H groups in total. The van der Waals surface area contributed by atoms with Gasteiger partial charge in [0.2, 0.25) is 0 Å². The molecular formula is C12H23NO2. The normalized spacial score (nSPS) is 37.8. The van der Waals surface area contributed by atoms with E-state index in [9.17, 15) is 5.11 Å². The average molecular weight is 213 g/mol. The summed E-state index contributed by atoms with van der Waals surface area (Å²) in [6, 6.07) is 0.528. The predicted octanol–water partition coefficient (Wildman–Crippen LogP) is 1.45. The van der Waals surface area contributed by atoms with E-state index < -0.39 is 0 Å². The van der Waals surface area contributed by atoms with Crippen LogP contribution in [0.4, 0.5) is 0 Å². The molecule has 0 radical (unpaired) electrons. The van der Waals surface area contributed by atoms with Gasteiger partial charge in [0.25, 0.3) is 0 Å². The van der Waals surface area contributed by atoms with Crippen LogP contribution in [0, 0.1) is 0 Å². The molecule has 1 saturated heterocycles. The lowest BCUT2D eigenvalue weighted by Gasteiger charge is -2.22. The minimum atomic E-state index is -0.228. The number of aliphatic hydroxyl groups is 1. The predicted molar refractivity (Wildman–Crippen MR) is 59.9 cm³/mol. The van der Waals surface area contributed by atoms with Crippen LogP contribution in [0.1, 0.15) is 44.9 Å². The maximum absolute atomic E-state index is 9.88. The second-order valence-corrected chi connectivity index (χ2v) is 4.87. The Bertz CT molecular complexity index is 180. The van der Waals surface area contributed by atoms with Crippen molar-refractivity contribution < 1.29 is 9.84 Å². The Morgan fingerprint density at radius 2 is 1.93 bits per heavy atom. The second kappa shape index (κ2) is 5.83.